The molecule has 2 aliphatic rings. The average Bonchev–Trinajstić information content (AvgIpc) is 3.31. The Morgan fingerprint density at radius 2 is 1.83 bits per heavy atom. The van der Waals surface area contributed by atoms with Crippen LogP contribution >= 0.6 is 0 Å². The summed E-state index contributed by atoms with van der Waals surface area (Å²) in [5.41, 5.74) is 4.54. The zero-order valence-corrected chi connectivity index (χ0v) is 17.2. The van der Waals surface area contributed by atoms with Crippen molar-refractivity contribution >= 4 is 17.5 Å². The Morgan fingerprint density at radius 3 is 2.59 bits per heavy atom. The molecule has 1 N–H and O–H groups in total. The summed E-state index contributed by atoms with van der Waals surface area (Å²) in [6.45, 7) is 7.41. The smallest absolute Gasteiger partial charge is 0.239 e. The van der Waals surface area contributed by atoms with E-state index < -0.39 is 5.92 Å². The lowest BCUT2D eigenvalue weighted by molar-refractivity contribution is -0.132. The van der Waals surface area contributed by atoms with E-state index in [-0.39, 0.29) is 17.9 Å². The van der Waals surface area contributed by atoms with Crippen LogP contribution in [0.3, 0.4) is 0 Å². The maximum absolute atomic E-state index is 12.9. The molecule has 0 aliphatic carbocycles. The van der Waals surface area contributed by atoms with Crippen LogP contribution in [-0.2, 0) is 16.1 Å². The van der Waals surface area contributed by atoms with Gasteiger partial charge in [0.15, 0.2) is 0 Å². The maximum Gasteiger partial charge on any atom is 0.239 e. The summed E-state index contributed by atoms with van der Waals surface area (Å²) in [6, 6.07) is 16.5. The van der Waals surface area contributed by atoms with Crippen molar-refractivity contribution in [2.75, 3.05) is 24.5 Å². The molecule has 2 heterocycles. The zero-order valence-electron chi connectivity index (χ0n) is 17.2. The average molecular weight is 392 g/mol. The highest BCUT2D eigenvalue weighted by Crippen LogP contribution is 2.27. The number of nitrogens with zero attached hydrogens (tertiary/aromatic N) is 2. The quantitative estimate of drug-likeness (QED) is 0.797. The van der Waals surface area contributed by atoms with Gasteiger partial charge in [-0.25, -0.2) is 0 Å². The van der Waals surface area contributed by atoms with E-state index in [2.05, 4.69) is 41.4 Å². The molecule has 2 unspecified atom stereocenters. The monoisotopic (exact) mass is 391 g/mol. The molecule has 152 valence electrons. The molecule has 0 spiro atoms. The lowest BCUT2D eigenvalue weighted by atomic mass is 10.1. The Kier molecular flexibility index (Phi) is 5.67. The van der Waals surface area contributed by atoms with Crippen LogP contribution in [0.5, 0.6) is 0 Å². The van der Waals surface area contributed by atoms with Gasteiger partial charge in [-0.1, -0.05) is 36.4 Å². The molecular weight excluding hydrogens is 362 g/mol. The zero-order chi connectivity index (χ0) is 20.4. The minimum absolute atomic E-state index is 0.0788. The highest BCUT2D eigenvalue weighted by molar-refractivity contribution is 6.09. The van der Waals surface area contributed by atoms with Crippen molar-refractivity contribution in [2.45, 2.75) is 39.3 Å². The van der Waals surface area contributed by atoms with Gasteiger partial charge in [0.2, 0.25) is 11.8 Å². The van der Waals surface area contributed by atoms with Crippen LogP contribution in [0.15, 0.2) is 48.5 Å². The van der Waals surface area contributed by atoms with Crippen LogP contribution in [-0.4, -0.2) is 42.4 Å². The van der Waals surface area contributed by atoms with Crippen LogP contribution in [0.4, 0.5) is 5.69 Å². The molecular formula is C24H29N3O2. The number of carbonyl (C=O) groups is 2. The number of carbonyl (C=O) groups excluding carboxylic acids is 2. The van der Waals surface area contributed by atoms with E-state index >= 15 is 0 Å². The second-order valence-electron chi connectivity index (χ2n) is 8.31. The molecule has 29 heavy (non-hydrogen) atoms. The molecule has 5 heteroatoms. The second-order valence-corrected chi connectivity index (χ2v) is 8.31. The lowest BCUT2D eigenvalue weighted by Gasteiger charge is -2.19. The van der Waals surface area contributed by atoms with E-state index in [1.165, 1.54) is 11.1 Å². The summed E-state index contributed by atoms with van der Waals surface area (Å²) in [5, 5.41) is 3.13. The van der Waals surface area contributed by atoms with E-state index in [1.54, 1.807) is 4.90 Å². The van der Waals surface area contributed by atoms with Crippen molar-refractivity contribution in [3.05, 3.63) is 65.2 Å². The molecule has 2 aromatic carbocycles. The normalized spacial score (nSPS) is 22.3. The first-order valence-electron chi connectivity index (χ1n) is 10.5. The van der Waals surface area contributed by atoms with Crippen molar-refractivity contribution in [1.82, 2.24) is 10.2 Å². The molecule has 2 aromatic rings. The first-order chi connectivity index (χ1) is 14.0. The Bertz CT molecular complexity index is 896. The van der Waals surface area contributed by atoms with Gasteiger partial charge in [0, 0.05) is 37.9 Å². The number of hydrogen-bond acceptors (Lipinski definition) is 3. The number of amides is 2. The summed E-state index contributed by atoms with van der Waals surface area (Å²) in [7, 11) is 0. The first-order valence-corrected chi connectivity index (χ1v) is 10.5. The molecule has 5 nitrogen and oxygen atoms in total. The summed E-state index contributed by atoms with van der Waals surface area (Å²) in [5.74, 6) is -0.766. The predicted octanol–water partition coefficient (Wildman–Crippen LogP) is 3.05. The van der Waals surface area contributed by atoms with E-state index in [9.17, 15) is 9.59 Å². The van der Waals surface area contributed by atoms with Gasteiger partial charge in [0.05, 0.1) is 0 Å². The minimum Gasteiger partial charge on any atom is -0.351 e. The molecule has 0 aromatic heterocycles. The number of likely N-dealkylation sites (tertiary alicyclic amines) is 1. The fourth-order valence-corrected chi connectivity index (χ4v) is 4.31. The second kappa shape index (κ2) is 8.37. The number of nitrogens with one attached hydrogen (secondary N) is 1. The van der Waals surface area contributed by atoms with Gasteiger partial charge in [-0.2, -0.15) is 0 Å². The highest BCUT2D eigenvalue weighted by atomic mass is 16.2. The van der Waals surface area contributed by atoms with Crippen molar-refractivity contribution in [3.8, 4) is 0 Å². The number of benzene rings is 2. The van der Waals surface area contributed by atoms with Gasteiger partial charge in [-0.05, 0) is 55.5 Å². The largest absolute Gasteiger partial charge is 0.351 e. The third kappa shape index (κ3) is 4.35. The van der Waals surface area contributed by atoms with E-state index in [0.717, 1.165) is 37.3 Å². The van der Waals surface area contributed by atoms with Crippen molar-refractivity contribution in [3.63, 3.8) is 0 Å². The predicted molar refractivity (Wildman–Crippen MR) is 115 cm³/mol. The summed E-state index contributed by atoms with van der Waals surface area (Å²) in [6.07, 6.45) is 1.51. The van der Waals surface area contributed by atoms with E-state index in [1.807, 2.05) is 31.2 Å². The SMILES string of the molecule is Cc1ccc(N2CCC(C(=O)NC3CCN(Cc4ccccc4)C3)C2=O)cc1C. The number of anilines is 1. The Hall–Kier alpha value is -2.66. The Morgan fingerprint density at radius 1 is 1.03 bits per heavy atom. The molecule has 0 bridgehead atoms. The van der Waals surface area contributed by atoms with Gasteiger partial charge >= 0.3 is 0 Å². The summed E-state index contributed by atoms with van der Waals surface area (Å²) < 4.78 is 0. The van der Waals surface area contributed by atoms with Gasteiger partial charge in [-0.15, -0.1) is 0 Å². The molecule has 2 aliphatic heterocycles. The third-order valence-corrected chi connectivity index (χ3v) is 6.19. The summed E-state index contributed by atoms with van der Waals surface area (Å²) >= 11 is 0. The van der Waals surface area contributed by atoms with Gasteiger partial charge in [0.25, 0.3) is 0 Å². The Balaban J connectivity index is 1.32. The fraction of sp³-hybridized carbons (Fsp3) is 0.417. The molecule has 0 radical (unpaired) electrons. The van der Waals surface area contributed by atoms with E-state index in [4.69, 9.17) is 0 Å². The van der Waals surface area contributed by atoms with E-state index in [0.29, 0.717) is 13.0 Å². The summed E-state index contributed by atoms with van der Waals surface area (Å²) in [4.78, 5) is 29.8. The lowest BCUT2D eigenvalue weighted by Crippen LogP contribution is -2.43. The van der Waals surface area contributed by atoms with Crippen LogP contribution in [0.2, 0.25) is 0 Å². The fourth-order valence-electron chi connectivity index (χ4n) is 4.31. The van der Waals surface area contributed by atoms with Crippen LogP contribution < -0.4 is 10.2 Å². The molecule has 4 rings (SSSR count). The van der Waals surface area contributed by atoms with Gasteiger partial charge in [-0.3, -0.25) is 14.5 Å². The van der Waals surface area contributed by atoms with Crippen LogP contribution in [0.25, 0.3) is 0 Å². The maximum atomic E-state index is 12.9. The number of aryl methyl sites for hydroxylation is 2. The topological polar surface area (TPSA) is 52.7 Å². The number of rotatable bonds is 5. The molecule has 0 saturated carbocycles. The van der Waals surface area contributed by atoms with Crippen molar-refractivity contribution < 1.29 is 9.59 Å². The van der Waals surface area contributed by atoms with Crippen molar-refractivity contribution in [2.24, 2.45) is 5.92 Å². The van der Waals surface area contributed by atoms with Gasteiger partial charge < -0.3 is 10.2 Å². The molecule has 2 amide bonds. The first kappa shape index (κ1) is 19.6. The molecule has 2 saturated heterocycles. The van der Waals surface area contributed by atoms with Crippen LogP contribution in [0.1, 0.15) is 29.5 Å². The molecule has 2 fully saturated rings. The minimum atomic E-state index is -0.570. The Labute approximate surface area is 172 Å². The van der Waals surface area contributed by atoms with Crippen LogP contribution in [0, 0.1) is 19.8 Å². The van der Waals surface area contributed by atoms with Crippen molar-refractivity contribution in [1.29, 1.82) is 0 Å². The number of hydrogen-bond donors (Lipinski definition) is 1. The standard InChI is InChI=1S/C24H29N3O2/c1-17-8-9-21(14-18(17)2)27-13-11-22(24(27)29)23(28)25-20-10-12-26(16-20)15-19-6-4-3-5-7-19/h3-9,14,20,22H,10-13,15-16H2,1-2H3,(H,25,28). The third-order valence-electron chi connectivity index (χ3n) is 6.19. The van der Waals surface area contributed by atoms with Gasteiger partial charge in [0.1, 0.15) is 5.92 Å². The highest BCUT2D eigenvalue weighted by Gasteiger charge is 2.39. The molecule has 2 atom stereocenters.